The predicted octanol–water partition coefficient (Wildman–Crippen LogP) is 4.71. The minimum absolute atomic E-state index is 0.0432. The van der Waals surface area contributed by atoms with Crippen molar-refractivity contribution in [3.8, 4) is 5.75 Å². The van der Waals surface area contributed by atoms with Gasteiger partial charge in [-0.15, -0.1) is 0 Å². The number of sulfonamides is 1. The van der Waals surface area contributed by atoms with Gasteiger partial charge in [0.2, 0.25) is 0 Å². The third-order valence-corrected chi connectivity index (χ3v) is 5.80. The van der Waals surface area contributed by atoms with Gasteiger partial charge >= 0.3 is 0 Å². The van der Waals surface area contributed by atoms with Crippen LogP contribution in [0.1, 0.15) is 15.9 Å². The molecular weight excluding hydrogens is 412 g/mol. The minimum atomic E-state index is -3.90. The molecule has 29 heavy (non-hydrogen) atoms. The van der Waals surface area contributed by atoms with Crippen molar-refractivity contribution >= 4 is 38.9 Å². The Kier molecular flexibility index (Phi) is 6.10. The summed E-state index contributed by atoms with van der Waals surface area (Å²) in [6, 6.07) is 17.8. The number of amides is 1. The van der Waals surface area contributed by atoms with Crippen molar-refractivity contribution in [1.82, 2.24) is 0 Å². The number of aryl methyl sites for hydroxylation is 1. The van der Waals surface area contributed by atoms with Crippen molar-refractivity contribution in [3.05, 3.63) is 82.9 Å². The van der Waals surface area contributed by atoms with E-state index in [-0.39, 0.29) is 15.5 Å². The maximum absolute atomic E-state index is 12.7. The lowest BCUT2D eigenvalue weighted by Crippen LogP contribution is -2.16. The lowest BCUT2D eigenvalue weighted by atomic mass is 10.2. The summed E-state index contributed by atoms with van der Waals surface area (Å²) >= 11 is 6.15. The highest BCUT2D eigenvalue weighted by Gasteiger charge is 2.19. The first kappa shape index (κ1) is 20.7. The second kappa shape index (κ2) is 8.55. The summed E-state index contributed by atoms with van der Waals surface area (Å²) in [5.41, 5.74) is 1.89. The second-order valence-corrected chi connectivity index (χ2v) is 8.39. The maximum Gasteiger partial charge on any atom is 0.261 e. The van der Waals surface area contributed by atoms with Crippen LogP contribution in [-0.2, 0) is 10.0 Å². The molecule has 3 aromatic carbocycles. The SMILES string of the molecule is COc1cccc(NC(=O)c2cc(S(=O)(=O)Nc3cccc(C)c3)ccc2Cl)c1. The molecule has 8 heteroatoms. The Morgan fingerprint density at radius 2 is 1.69 bits per heavy atom. The standard InChI is InChI=1S/C21H19ClN2O4S/c1-14-5-3-7-16(11-14)24-29(26,27)18-9-10-20(22)19(13-18)21(25)23-15-6-4-8-17(12-15)28-2/h3-13,24H,1-2H3,(H,23,25). The zero-order valence-corrected chi connectivity index (χ0v) is 17.3. The van der Waals surface area contributed by atoms with Gasteiger partial charge < -0.3 is 10.1 Å². The first-order chi connectivity index (χ1) is 13.8. The fraction of sp³-hybridized carbons (Fsp3) is 0.0952. The van der Waals surface area contributed by atoms with Crippen molar-refractivity contribution in [3.63, 3.8) is 0 Å². The van der Waals surface area contributed by atoms with Gasteiger partial charge in [0.25, 0.3) is 15.9 Å². The van der Waals surface area contributed by atoms with E-state index >= 15 is 0 Å². The number of ether oxygens (including phenoxy) is 1. The Hall–Kier alpha value is -3.03. The Labute approximate surface area is 174 Å². The molecule has 0 saturated heterocycles. The van der Waals surface area contributed by atoms with Gasteiger partial charge in [-0.05, 0) is 55.0 Å². The van der Waals surface area contributed by atoms with Gasteiger partial charge in [-0.3, -0.25) is 9.52 Å². The Morgan fingerprint density at radius 3 is 2.41 bits per heavy atom. The molecule has 3 aromatic rings. The van der Waals surface area contributed by atoms with E-state index in [0.29, 0.717) is 17.1 Å². The Morgan fingerprint density at radius 1 is 0.966 bits per heavy atom. The first-order valence-corrected chi connectivity index (χ1v) is 10.5. The molecule has 0 aliphatic rings. The average Bonchev–Trinajstić information content (AvgIpc) is 2.68. The molecule has 0 saturated carbocycles. The van der Waals surface area contributed by atoms with Gasteiger partial charge in [0.05, 0.1) is 22.6 Å². The summed E-state index contributed by atoms with van der Waals surface area (Å²) in [6.45, 7) is 1.86. The number of carbonyl (C=O) groups excluding carboxylic acids is 1. The molecule has 0 heterocycles. The number of hydrogen-bond acceptors (Lipinski definition) is 4. The third kappa shape index (κ3) is 5.07. The Balaban J connectivity index is 1.87. The molecule has 0 spiro atoms. The van der Waals surface area contributed by atoms with E-state index in [0.717, 1.165) is 5.56 Å². The highest BCUT2D eigenvalue weighted by atomic mass is 35.5. The van der Waals surface area contributed by atoms with Crippen molar-refractivity contribution in [1.29, 1.82) is 0 Å². The fourth-order valence-electron chi connectivity index (χ4n) is 2.67. The zero-order valence-electron chi connectivity index (χ0n) is 15.8. The van der Waals surface area contributed by atoms with E-state index in [1.165, 1.54) is 25.3 Å². The van der Waals surface area contributed by atoms with Crippen LogP contribution in [0.15, 0.2) is 71.6 Å². The van der Waals surface area contributed by atoms with Crippen molar-refractivity contribution in [2.75, 3.05) is 17.1 Å². The number of nitrogens with one attached hydrogen (secondary N) is 2. The van der Waals surface area contributed by atoms with Gasteiger partial charge in [-0.25, -0.2) is 8.42 Å². The highest BCUT2D eigenvalue weighted by Crippen LogP contribution is 2.24. The summed E-state index contributed by atoms with van der Waals surface area (Å²) in [5, 5.41) is 2.83. The van der Waals surface area contributed by atoms with Crippen LogP contribution in [0.25, 0.3) is 0 Å². The molecule has 1 amide bonds. The smallest absolute Gasteiger partial charge is 0.261 e. The molecule has 0 unspecified atom stereocenters. The van der Waals surface area contributed by atoms with Gasteiger partial charge in [-0.2, -0.15) is 0 Å². The summed E-state index contributed by atoms with van der Waals surface area (Å²) in [4.78, 5) is 12.6. The van der Waals surface area contributed by atoms with Crippen LogP contribution in [0.3, 0.4) is 0 Å². The minimum Gasteiger partial charge on any atom is -0.497 e. The number of anilines is 2. The topological polar surface area (TPSA) is 84.5 Å². The zero-order chi connectivity index (χ0) is 21.0. The van der Waals surface area contributed by atoms with Gasteiger partial charge in [0.1, 0.15) is 5.75 Å². The predicted molar refractivity (Wildman–Crippen MR) is 114 cm³/mol. The van der Waals surface area contributed by atoms with Crippen LogP contribution >= 0.6 is 11.6 Å². The highest BCUT2D eigenvalue weighted by molar-refractivity contribution is 7.92. The lowest BCUT2D eigenvalue weighted by Gasteiger charge is -2.12. The fourth-order valence-corrected chi connectivity index (χ4v) is 3.95. The van der Waals surface area contributed by atoms with Crippen LogP contribution in [0.4, 0.5) is 11.4 Å². The van der Waals surface area contributed by atoms with Crippen molar-refractivity contribution in [2.24, 2.45) is 0 Å². The monoisotopic (exact) mass is 430 g/mol. The van der Waals surface area contributed by atoms with Gasteiger partial charge in [-0.1, -0.05) is 29.8 Å². The van der Waals surface area contributed by atoms with Crippen molar-refractivity contribution in [2.45, 2.75) is 11.8 Å². The normalized spacial score (nSPS) is 11.0. The van der Waals surface area contributed by atoms with E-state index < -0.39 is 15.9 Å². The number of halogens is 1. The van der Waals surface area contributed by atoms with Crippen LogP contribution in [-0.4, -0.2) is 21.4 Å². The van der Waals surface area contributed by atoms with E-state index in [2.05, 4.69) is 10.0 Å². The van der Waals surface area contributed by atoms with E-state index in [1.54, 1.807) is 42.5 Å². The van der Waals surface area contributed by atoms with Crippen LogP contribution in [0.2, 0.25) is 5.02 Å². The summed E-state index contributed by atoms with van der Waals surface area (Å²) in [5.74, 6) is 0.0449. The Bertz CT molecular complexity index is 1160. The molecule has 0 radical (unpaired) electrons. The molecule has 150 valence electrons. The third-order valence-electron chi connectivity index (χ3n) is 4.09. The molecule has 0 fully saturated rings. The number of methoxy groups -OCH3 is 1. The number of hydrogen-bond donors (Lipinski definition) is 2. The summed E-state index contributed by atoms with van der Waals surface area (Å²) < 4.78 is 33.1. The summed E-state index contributed by atoms with van der Waals surface area (Å²) in [6.07, 6.45) is 0. The molecule has 3 rings (SSSR count). The first-order valence-electron chi connectivity index (χ1n) is 8.63. The van der Waals surface area contributed by atoms with Crippen LogP contribution in [0, 0.1) is 6.92 Å². The van der Waals surface area contributed by atoms with E-state index in [9.17, 15) is 13.2 Å². The van der Waals surface area contributed by atoms with Crippen molar-refractivity contribution < 1.29 is 17.9 Å². The average molecular weight is 431 g/mol. The van der Waals surface area contributed by atoms with Crippen LogP contribution in [0.5, 0.6) is 5.75 Å². The molecule has 0 aromatic heterocycles. The second-order valence-electron chi connectivity index (χ2n) is 6.30. The molecule has 0 aliphatic carbocycles. The molecule has 0 bridgehead atoms. The molecule has 0 atom stereocenters. The molecule has 2 N–H and O–H groups in total. The molecule has 0 aliphatic heterocycles. The largest absolute Gasteiger partial charge is 0.497 e. The number of carbonyl (C=O) groups is 1. The van der Waals surface area contributed by atoms with E-state index in [1.807, 2.05) is 13.0 Å². The number of rotatable bonds is 6. The van der Waals surface area contributed by atoms with Gasteiger partial charge in [0, 0.05) is 17.4 Å². The van der Waals surface area contributed by atoms with E-state index in [4.69, 9.17) is 16.3 Å². The number of benzene rings is 3. The molecule has 6 nitrogen and oxygen atoms in total. The lowest BCUT2D eigenvalue weighted by molar-refractivity contribution is 0.102. The van der Waals surface area contributed by atoms with Crippen LogP contribution < -0.4 is 14.8 Å². The maximum atomic E-state index is 12.7. The molecular formula is C21H19ClN2O4S. The quantitative estimate of drug-likeness (QED) is 0.593. The van der Waals surface area contributed by atoms with Gasteiger partial charge in [0.15, 0.2) is 0 Å². The summed E-state index contributed by atoms with van der Waals surface area (Å²) in [7, 11) is -2.37.